The predicted octanol–water partition coefficient (Wildman–Crippen LogP) is 6.67. The number of allylic oxidation sites excluding steroid dienone is 3. The number of hydrogen-bond acceptors (Lipinski definition) is 3. The molecule has 0 radical (unpaired) electrons. The van der Waals surface area contributed by atoms with Crippen LogP contribution >= 0.6 is 0 Å². The molecule has 5 heteroatoms. The van der Waals surface area contributed by atoms with Crippen molar-refractivity contribution < 1.29 is 14.0 Å². The zero-order valence-corrected chi connectivity index (χ0v) is 21.0. The minimum absolute atomic E-state index is 0.0835. The first kappa shape index (κ1) is 23.9. The van der Waals surface area contributed by atoms with Crippen molar-refractivity contribution in [3.63, 3.8) is 0 Å². The van der Waals surface area contributed by atoms with Crippen LogP contribution in [0, 0.1) is 29.0 Å². The lowest BCUT2D eigenvalue weighted by Gasteiger charge is -2.51. The highest BCUT2D eigenvalue weighted by atomic mass is 19.1. The summed E-state index contributed by atoms with van der Waals surface area (Å²) in [6.07, 6.45) is 12.7. The minimum Gasteiger partial charge on any atom is -0.300 e. The van der Waals surface area contributed by atoms with Gasteiger partial charge in [-0.1, -0.05) is 38.0 Å². The Morgan fingerprint density at radius 2 is 1.83 bits per heavy atom. The number of nitrogens with zero attached hydrogens (tertiary/aromatic N) is 2. The van der Waals surface area contributed by atoms with E-state index < -0.39 is 0 Å². The first-order chi connectivity index (χ1) is 16.8. The van der Waals surface area contributed by atoms with Gasteiger partial charge in [-0.2, -0.15) is 5.10 Å². The third-order valence-corrected chi connectivity index (χ3v) is 8.79. The molecule has 0 aliphatic heterocycles. The van der Waals surface area contributed by atoms with E-state index in [1.807, 2.05) is 24.7 Å². The third-order valence-electron chi connectivity index (χ3n) is 8.79. The maximum atomic E-state index is 13.5. The molecule has 0 amide bonds. The summed E-state index contributed by atoms with van der Waals surface area (Å²) in [4.78, 5) is 25.0. The van der Waals surface area contributed by atoms with Crippen molar-refractivity contribution in [2.45, 2.75) is 72.1 Å². The van der Waals surface area contributed by atoms with Crippen LogP contribution in [0.1, 0.15) is 77.0 Å². The van der Waals surface area contributed by atoms with Crippen LogP contribution in [-0.2, 0) is 16.0 Å². The molecule has 4 nitrogen and oxygen atoms in total. The van der Waals surface area contributed by atoms with E-state index in [-0.39, 0.29) is 23.1 Å². The Hall–Kier alpha value is -2.82. The number of benzene rings is 1. The van der Waals surface area contributed by atoms with Crippen molar-refractivity contribution in [3.05, 3.63) is 64.8 Å². The van der Waals surface area contributed by atoms with Gasteiger partial charge in [-0.15, -0.1) is 0 Å². The summed E-state index contributed by atoms with van der Waals surface area (Å²) < 4.78 is 15.4. The lowest BCUT2D eigenvalue weighted by atomic mass is 9.53. The van der Waals surface area contributed by atoms with Gasteiger partial charge in [0.2, 0.25) is 0 Å². The topological polar surface area (TPSA) is 52.0 Å². The Morgan fingerprint density at radius 3 is 2.54 bits per heavy atom. The monoisotopic (exact) mass is 474 g/mol. The van der Waals surface area contributed by atoms with Crippen LogP contribution in [0.25, 0.3) is 11.8 Å². The molecule has 4 atom stereocenters. The van der Waals surface area contributed by atoms with Gasteiger partial charge in [0, 0.05) is 31.1 Å². The Morgan fingerprint density at radius 1 is 1.11 bits per heavy atom. The first-order valence-electron chi connectivity index (χ1n) is 13.1. The molecular weight excluding hydrogens is 439 g/mol. The molecule has 0 N–H and O–H groups in total. The second-order valence-corrected chi connectivity index (χ2v) is 10.8. The molecule has 5 rings (SSSR count). The van der Waals surface area contributed by atoms with Gasteiger partial charge in [-0.25, -0.2) is 9.07 Å². The van der Waals surface area contributed by atoms with Gasteiger partial charge in [0.25, 0.3) is 0 Å². The molecule has 1 heterocycles. The molecule has 3 aliphatic rings. The van der Waals surface area contributed by atoms with Crippen molar-refractivity contribution in [2.24, 2.45) is 23.2 Å². The summed E-state index contributed by atoms with van der Waals surface area (Å²) in [5.41, 5.74) is 5.94. The molecule has 184 valence electrons. The van der Waals surface area contributed by atoms with E-state index in [0.717, 1.165) is 37.1 Å². The summed E-state index contributed by atoms with van der Waals surface area (Å²) in [7, 11) is 0. The average Bonchev–Trinajstić information content (AvgIpc) is 3.25. The maximum Gasteiger partial charge on any atom is 0.132 e. The Labute approximate surface area is 207 Å². The smallest absolute Gasteiger partial charge is 0.132 e. The van der Waals surface area contributed by atoms with Crippen molar-refractivity contribution in [3.8, 4) is 5.69 Å². The van der Waals surface area contributed by atoms with Gasteiger partial charge in [-0.3, -0.25) is 9.59 Å². The molecule has 0 bridgehead atoms. The predicted molar refractivity (Wildman–Crippen MR) is 136 cm³/mol. The van der Waals surface area contributed by atoms with E-state index in [0.29, 0.717) is 43.2 Å². The number of carbonyl (C=O) groups is 2. The zero-order valence-electron chi connectivity index (χ0n) is 21.0. The molecular formula is C30H35FN2O2. The Bertz CT molecular complexity index is 1210. The molecule has 1 aromatic carbocycles. The summed E-state index contributed by atoms with van der Waals surface area (Å²) in [6, 6.07) is 6.48. The summed E-state index contributed by atoms with van der Waals surface area (Å²) >= 11 is 0. The van der Waals surface area contributed by atoms with Gasteiger partial charge in [0.05, 0.1) is 17.6 Å². The van der Waals surface area contributed by atoms with E-state index in [2.05, 4.69) is 24.2 Å². The highest BCUT2D eigenvalue weighted by molar-refractivity contribution is 5.80. The number of fused-ring (bicyclic) bond motifs is 4. The second-order valence-electron chi connectivity index (χ2n) is 10.8. The van der Waals surface area contributed by atoms with Crippen molar-refractivity contribution >= 4 is 17.6 Å². The van der Waals surface area contributed by atoms with Crippen molar-refractivity contribution in [1.29, 1.82) is 0 Å². The number of hydrogen-bond donors (Lipinski definition) is 0. The molecule has 35 heavy (non-hydrogen) atoms. The molecule has 1 saturated carbocycles. The molecule has 2 aromatic rings. The number of aromatic nitrogens is 2. The number of ketones is 2. The standard InChI is InChI=1S/C30H35FN2O2/c1-4-24(34)14-19-6-13-28-26(27(19)16-25(35)5-2)12-7-21-15-29-20(17-30(21,28)3)18-32-33(29)23-10-8-22(31)9-11-23/h8-11,13,15,18-19,26-27H,4-7,12,14,16-17H2,1-3H3. The minimum atomic E-state index is -0.252. The van der Waals surface area contributed by atoms with E-state index in [4.69, 9.17) is 0 Å². The van der Waals surface area contributed by atoms with Crippen LogP contribution in [0.15, 0.2) is 47.7 Å². The second kappa shape index (κ2) is 9.33. The fourth-order valence-corrected chi connectivity index (χ4v) is 6.79. The largest absolute Gasteiger partial charge is 0.300 e. The highest BCUT2D eigenvalue weighted by Crippen LogP contribution is 2.58. The van der Waals surface area contributed by atoms with Gasteiger partial charge >= 0.3 is 0 Å². The van der Waals surface area contributed by atoms with E-state index in [1.165, 1.54) is 28.8 Å². The highest BCUT2D eigenvalue weighted by Gasteiger charge is 2.48. The number of Topliss-reactive ketones (excluding diaryl/α,β-unsaturated/α-hetero) is 2. The molecule has 0 saturated heterocycles. The van der Waals surface area contributed by atoms with Gasteiger partial charge in [0.1, 0.15) is 17.4 Å². The molecule has 4 unspecified atom stereocenters. The Kier molecular flexibility index (Phi) is 6.37. The molecule has 3 aliphatic carbocycles. The van der Waals surface area contributed by atoms with Crippen LogP contribution in [0.5, 0.6) is 0 Å². The summed E-state index contributed by atoms with van der Waals surface area (Å²) in [5, 5.41) is 4.66. The third kappa shape index (κ3) is 4.23. The van der Waals surface area contributed by atoms with Gasteiger partial charge in [0.15, 0.2) is 0 Å². The average molecular weight is 475 g/mol. The fraction of sp³-hybridized carbons (Fsp3) is 0.500. The van der Waals surface area contributed by atoms with Crippen LogP contribution in [0.2, 0.25) is 0 Å². The van der Waals surface area contributed by atoms with Gasteiger partial charge < -0.3 is 0 Å². The van der Waals surface area contributed by atoms with E-state index in [9.17, 15) is 14.0 Å². The number of rotatable bonds is 7. The van der Waals surface area contributed by atoms with Crippen molar-refractivity contribution in [1.82, 2.24) is 9.78 Å². The van der Waals surface area contributed by atoms with E-state index >= 15 is 0 Å². The Balaban J connectivity index is 1.49. The maximum absolute atomic E-state index is 13.5. The zero-order chi connectivity index (χ0) is 24.7. The fourth-order valence-electron chi connectivity index (χ4n) is 6.79. The van der Waals surface area contributed by atoms with Crippen molar-refractivity contribution in [2.75, 3.05) is 0 Å². The summed E-state index contributed by atoms with van der Waals surface area (Å²) in [6.45, 7) is 6.23. The summed E-state index contributed by atoms with van der Waals surface area (Å²) in [5.74, 6) is 1.23. The van der Waals surface area contributed by atoms with Gasteiger partial charge in [-0.05, 0) is 79.3 Å². The SMILES string of the molecule is CCC(=O)CC1CC=C2C(CCC3=Cc4c(cnn4-c4ccc(F)cc4)CC32C)C1CC(=O)CC. The van der Waals surface area contributed by atoms with Crippen LogP contribution in [0.4, 0.5) is 4.39 Å². The first-order valence-corrected chi connectivity index (χ1v) is 13.1. The molecule has 1 aromatic heterocycles. The number of carbonyl (C=O) groups excluding carboxylic acids is 2. The molecule has 0 spiro atoms. The molecule has 1 fully saturated rings. The number of halogens is 1. The lowest BCUT2D eigenvalue weighted by Crippen LogP contribution is -2.42. The van der Waals surface area contributed by atoms with E-state index in [1.54, 1.807) is 12.1 Å². The lowest BCUT2D eigenvalue weighted by molar-refractivity contribution is -0.123. The van der Waals surface area contributed by atoms with Crippen LogP contribution in [0.3, 0.4) is 0 Å². The normalized spacial score (nSPS) is 27.3. The van der Waals surface area contributed by atoms with Crippen LogP contribution in [-0.4, -0.2) is 21.3 Å². The quantitative estimate of drug-likeness (QED) is 0.421. The van der Waals surface area contributed by atoms with Crippen LogP contribution < -0.4 is 0 Å².